The number of sulfone groups is 1. The molecule has 2 heterocycles. The molecule has 0 saturated carbocycles. The molecule has 0 spiro atoms. The molecule has 2 aliphatic rings. The summed E-state index contributed by atoms with van der Waals surface area (Å²) in [5.74, 6) is 1.17. The molecular formula is C11H20N2O4S2. The van der Waals surface area contributed by atoms with Crippen LogP contribution < -0.4 is 5.32 Å². The summed E-state index contributed by atoms with van der Waals surface area (Å²) in [6.45, 7) is 3.66. The van der Waals surface area contributed by atoms with Crippen molar-refractivity contribution in [2.45, 2.75) is 18.3 Å². The van der Waals surface area contributed by atoms with E-state index in [0.717, 1.165) is 5.75 Å². The molecule has 2 saturated heterocycles. The molecule has 1 N–H and O–H groups in total. The number of nitrogens with zero attached hydrogens (tertiary/aromatic N) is 1. The third kappa shape index (κ3) is 3.42. The summed E-state index contributed by atoms with van der Waals surface area (Å²) in [5, 5.41) is 2.40. The van der Waals surface area contributed by atoms with Gasteiger partial charge < -0.3 is 15.0 Å². The highest BCUT2D eigenvalue weighted by Gasteiger charge is 2.38. The maximum Gasteiger partial charge on any atom is 0.243 e. The Morgan fingerprint density at radius 2 is 2.32 bits per heavy atom. The van der Waals surface area contributed by atoms with Gasteiger partial charge in [-0.3, -0.25) is 4.79 Å². The molecule has 2 aliphatic heterocycles. The molecule has 1 amide bonds. The Hall–Kier alpha value is -0.310. The standard InChI is InChI=1S/C11H20N2O4S2/c1-2-19(15,16)10-8-18-6-4-13(10)11(14)9-7-17-5-3-12-9/h9-10,12H,2-8H2,1H3. The minimum absolute atomic E-state index is 0.0661. The molecule has 2 rings (SSSR count). The van der Waals surface area contributed by atoms with Crippen LogP contribution in [0.5, 0.6) is 0 Å². The van der Waals surface area contributed by atoms with E-state index >= 15 is 0 Å². The summed E-state index contributed by atoms with van der Waals surface area (Å²) >= 11 is 1.59. The normalized spacial score (nSPS) is 29.2. The predicted octanol–water partition coefficient (Wildman–Crippen LogP) is -0.689. The largest absolute Gasteiger partial charge is 0.378 e. The van der Waals surface area contributed by atoms with Crippen LogP contribution in [-0.2, 0) is 19.4 Å². The van der Waals surface area contributed by atoms with Crippen molar-refractivity contribution in [3.8, 4) is 0 Å². The fourth-order valence-corrected chi connectivity index (χ4v) is 5.22. The van der Waals surface area contributed by atoms with Gasteiger partial charge in [0, 0.05) is 30.3 Å². The number of carbonyl (C=O) groups is 1. The van der Waals surface area contributed by atoms with Crippen molar-refractivity contribution in [1.82, 2.24) is 10.2 Å². The maximum atomic E-state index is 12.4. The Kier molecular flexibility index (Phi) is 5.10. The van der Waals surface area contributed by atoms with Gasteiger partial charge in [0.2, 0.25) is 5.91 Å². The van der Waals surface area contributed by atoms with Gasteiger partial charge in [-0.05, 0) is 0 Å². The number of morpholine rings is 1. The number of hydrogen-bond acceptors (Lipinski definition) is 6. The number of hydrogen-bond donors (Lipinski definition) is 1. The summed E-state index contributed by atoms with van der Waals surface area (Å²) in [6, 6.07) is -0.411. The van der Waals surface area contributed by atoms with Crippen LogP contribution in [-0.4, -0.2) is 74.2 Å². The minimum Gasteiger partial charge on any atom is -0.378 e. The zero-order valence-corrected chi connectivity index (χ0v) is 12.6. The van der Waals surface area contributed by atoms with Gasteiger partial charge in [0.15, 0.2) is 9.84 Å². The first-order valence-electron chi connectivity index (χ1n) is 6.47. The zero-order valence-electron chi connectivity index (χ0n) is 11.0. The van der Waals surface area contributed by atoms with Crippen LogP contribution in [0.15, 0.2) is 0 Å². The van der Waals surface area contributed by atoms with Crippen molar-refractivity contribution in [3.63, 3.8) is 0 Å². The van der Waals surface area contributed by atoms with Crippen LogP contribution in [0, 0.1) is 0 Å². The lowest BCUT2D eigenvalue weighted by Crippen LogP contribution is -2.59. The molecule has 0 radical (unpaired) electrons. The molecule has 2 unspecified atom stereocenters. The van der Waals surface area contributed by atoms with Crippen molar-refractivity contribution in [2.24, 2.45) is 0 Å². The average molecular weight is 308 g/mol. The van der Waals surface area contributed by atoms with Crippen LogP contribution in [0.2, 0.25) is 0 Å². The Morgan fingerprint density at radius 1 is 1.53 bits per heavy atom. The van der Waals surface area contributed by atoms with E-state index in [0.29, 0.717) is 32.1 Å². The Bertz CT molecular complexity index is 420. The monoisotopic (exact) mass is 308 g/mol. The van der Waals surface area contributed by atoms with Crippen molar-refractivity contribution in [2.75, 3.05) is 43.6 Å². The molecular weight excluding hydrogens is 288 g/mol. The van der Waals surface area contributed by atoms with Gasteiger partial charge in [-0.1, -0.05) is 6.92 Å². The summed E-state index contributed by atoms with van der Waals surface area (Å²) in [4.78, 5) is 14.0. The summed E-state index contributed by atoms with van der Waals surface area (Å²) in [5.41, 5.74) is 0. The first kappa shape index (κ1) is 15.1. The number of ether oxygens (including phenoxy) is 1. The molecule has 110 valence electrons. The third-order valence-corrected chi connectivity index (χ3v) is 6.69. The van der Waals surface area contributed by atoms with Crippen LogP contribution in [0.25, 0.3) is 0 Å². The van der Waals surface area contributed by atoms with E-state index in [4.69, 9.17) is 4.74 Å². The molecule has 0 bridgehead atoms. The van der Waals surface area contributed by atoms with Gasteiger partial charge in [-0.2, -0.15) is 11.8 Å². The highest BCUT2D eigenvalue weighted by atomic mass is 32.2. The van der Waals surface area contributed by atoms with Crippen molar-refractivity contribution < 1.29 is 17.9 Å². The minimum atomic E-state index is -3.24. The summed E-state index contributed by atoms with van der Waals surface area (Å²) in [6.07, 6.45) is 0. The number of thioether (sulfide) groups is 1. The SMILES string of the molecule is CCS(=O)(=O)C1CSCCN1C(=O)C1COCCN1. The van der Waals surface area contributed by atoms with Crippen molar-refractivity contribution in [3.05, 3.63) is 0 Å². The molecule has 8 heteroatoms. The lowest BCUT2D eigenvalue weighted by molar-refractivity contribution is -0.136. The van der Waals surface area contributed by atoms with E-state index < -0.39 is 21.3 Å². The highest BCUT2D eigenvalue weighted by Crippen LogP contribution is 2.22. The van der Waals surface area contributed by atoms with Gasteiger partial charge in [0.1, 0.15) is 11.4 Å². The van der Waals surface area contributed by atoms with Gasteiger partial charge >= 0.3 is 0 Å². The van der Waals surface area contributed by atoms with Crippen LogP contribution in [0.4, 0.5) is 0 Å². The second-order valence-corrected chi connectivity index (χ2v) is 8.19. The average Bonchev–Trinajstić information content (AvgIpc) is 2.47. The lowest BCUT2D eigenvalue weighted by atomic mass is 10.2. The number of carbonyl (C=O) groups excluding carboxylic acids is 1. The highest BCUT2D eigenvalue weighted by molar-refractivity contribution is 8.01. The smallest absolute Gasteiger partial charge is 0.243 e. The van der Waals surface area contributed by atoms with Gasteiger partial charge in [0.25, 0.3) is 0 Å². The van der Waals surface area contributed by atoms with E-state index in [1.807, 2.05) is 0 Å². The second-order valence-electron chi connectivity index (χ2n) is 4.59. The van der Waals surface area contributed by atoms with E-state index in [9.17, 15) is 13.2 Å². The second kappa shape index (κ2) is 6.43. The molecule has 2 fully saturated rings. The number of nitrogens with one attached hydrogen (secondary N) is 1. The Labute approximate surface area is 118 Å². The molecule has 0 aromatic heterocycles. The van der Waals surface area contributed by atoms with E-state index in [-0.39, 0.29) is 11.7 Å². The molecule has 0 aliphatic carbocycles. The Morgan fingerprint density at radius 3 is 2.95 bits per heavy atom. The van der Waals surface area contributed by atoms with Gasteiger partial charge in [-0.15, -0.1) is 0 Å². The van der Waals surface area contributed by atoms with E-state index in [2.05, 4.69) is 5.32 Å². The van der Waals surface area contributed by atoms with E-state index in [1.54, 1.807) is 18.7 Å². The summed E-state index contributed by atoms with van der Waals surface area (Å²) in [7, 11) is -3.24. The number of amides is 1. The zero-order chi connectivity index (χ0) is 13.9. The fourth-order valence-electron chi connectivity index (χ4n) is 2.25. The van der Waals surface area contributed by atoms with Gasteiger partial charge in [-0.25, -0.2) is 8.42 Å². The number of rotatable bonds is 3. The third-order valence-electron chi connectivity index (χ3n) is 3.40. The topological polar surface area (TPSA) is 75.7 Å². The molecule has 19 heavy (non-hydrogen) atoms. The Balaban J connectivity index is 2.12. The molecule has 6 nitrogen and oxygen atoms in total. The molecule has 0 aromatic rings. The van der Waals surface area contributed by atoms with Crippen LogP contribution in [0.1, 0.15) is 6.92 Å². The van der Waals surface area contributed by atoms with Gasteiger partial charge in [0.05, 0.1) is 13.2 Å². The van der Waals surface area contributed by atoms with E-state index in [1.165, 1.54) is 4.90 Å². The van der Waals surface area contributed by atoms with Crippen LogP contribution >= 0.6 is 11.8 Å². The van der Waals surface area contributed by atoms with Crippen molar-refractivity contribution in [1.29, 1.82) is 0 Å². The predicted molar refractivity (Wildman–Crippen MR) is 74.9 cm³/mol. The summed E-state index contributed by atoms with van der Waals surface area (Å²) < 4.78 is 29.5. The van der Waals surface area contributed by atoms with Crippen LogP contribution in [0.3, 0.4) is 0 Å². The quantitative estimate of drug-likeness (QED) is 0.744. The van der Waals surface area contributed by atoms with Crippen molar-refractivity contribution >= 4 is 27.5 Å². The first-order chi connectivity index (χ1) is 9.06. The lowest BCUT2D eigenvalue weighted by Gasteiger charge is -2.37. The maximum absolute atomic E-state index is 12.4. The first-order valence-corrected chi connectivity index (χ1v) is 9.34. The molecule has 2 atom stereocenters. The fraction of sp³-hybridized carbons (Fsp3) is 0.909. The molecule has 0 aromatic carbocycles.